The van der Waals surface area contributed by atoms with Gasteiger partial charge in [0.05, 0.1) is 6.61 Å². The summed E-state index contributed by atoms with van der Waals surface area (Å²) < 4.78 is 5.76. The number of aryl methyl sites for hydroxylation is 1. The van der Waals surface area contributed by atoms with E-state index in [2.05, 4.69) is 5.32 Å². The quantitative estimate of drug-likeness (QED) is 0.359. The molecule has 7 heteroatoms. The Morgan fingerprint density at radius 1 is 1.03 bits per heavy atom. The van der Waals surface area contributed by atoms with Gasteiger partial charge in [-0.2, -0.15) is 0 Å². The molecule has 1 N–H and O–H groups in total. The summed E-state index contributed by atoms with van der Waals surface area (Å²) in [6.45, 7) is 8.45. The number of hydrogen-bond acceptors (Lipinski definition) is 3. The summed E-state index contributed by atoms with van der Waals surface area (Å²) in [5.41, 5.74) is 1.80. The van der Waals surface area contributed by atoms with Crippen LogP contribution in [0.15, 0.2) is 42.5 Å². The zero-order valence-corrected chi connectivity index (χ0v) is 21.4. The molecule has 0 heterocycles. The van der Waals surface area contributed by atoms with Gasteiger partial charge in [0.25, 0.3) is 0 Å². The maximum absolute atomic E-state index is 13.3. The minimum atomic E-state index is -0.614. The molecular formula is C26H34Cl2N2O3. The number of rotatable bonds is 12. The van der Waals surface area contributed by atoms with Crippen LogP contribution in [0.1, 0.15) is 57.6 Å². The Hall–Kier alpha value is -2.24. The van der Waals surface area contributed by atoms with E-state index in [1.807, 2.05) is 52.0 Å². The molecule has 2 unspecified atom stereocenters. The summed E-state index contributed by atoms with van der Waals surface area (Å²) in [5, 5.41) is 3.95. The minimum absolute atomic E-state index is 0.0234. The first-order valence-corrected chi connectivity index (χ1v) is 12.2. The van der Waals surface area contributed by atoms with E-state index in [1.54, 1.807) is 23.1 Å². The molecule has 0 spiro atoms. The van der Waals surface area contributed by atoms with Gasteiger partial charge in [-0.3, -0.25) is 9.59 Å². The first kappa shape index (κ1) is 27.0. The maximum Gasteiger partial charge on any atom is 0.243 e. The Labute approximate surface area is 207 Å². The number of hydrogen-bond donors (Lipinski definition) is 1. The van der Waals surface area contributed by atoms with E-state index in [-0.39, 0.29) is 30.8 Å². The summed E-state index contributed by atoms with van der Waals surface area (Å²) in [5.74, 6) is 0.469. The third-order valence-electron chi connectivity index (χ3n) is 5.60. The average Bonchev–Trinajstić information content (AvgIpc) is 2.79. The Bertz CT molecular complexity index is 898. The molecule has 2 atom stereocenters. The fraction of sp³-hybridized carbons (Fsp3) is 0.462. The largest absolute Gasteiger partial charge is 0.494 e. The van der Waals surface area contributed by atoms with Gasteiger partial charge in [-0.15, -0.1) is 0 Å². The van der Waals surface area contributed by atoms with Gasteiger partial charge in [0.2, 0.25) is 11.8 Å². The van der Waals surface area contributed by atoms with Crippen LogP contribution in [0, 0.1) is 6.92 Å². The molecule has 2 aromatic carbocycles. The van der Waals surface area contributed by atoms with E-state index in [0.717, 1.165) is 17.7 Å². The van der Waals surface area contributed by atoms with Crippen LogP contribution in [0.5, 0.6) is 5.75 Å². The van der Waals surface area contributed by atoms with Crippen molar-refractivity contribution in [2.24, 2.45) is 0 Å². The molecule has 2 amide bonds. The highest BCUT2D eigenvalue weighted by Gasteiger charge is 2.30. The smallest absolute Gasteiger partial charge is 0.243 e. The van der Waals surface area contributed by atoms with Crippen LogP contribution in [-0.2, 0) is 16.1 Å². The Kier molecular flexibility index (Phi) is 11.0. The first-order chi connectivity index (χ1) is 15.8. The topological polar surface area (TPSA) is 58.6 Å². The van der Waals surface area contributed by atoms with Crippen molar-refractivity contribution in [3.05, 3.63) is 63.6 Å². The van der Waals surface area contributed by atoms with Crippen LogP contribution in [0.25, 0.3) is 0 Å². The second-order valence-corrected chi connectivity index (χ2v) is 9.04. The third kappa shape index (κ3) is 8.24. The van der Waals surface area contributed by atoms with Crippen molar-refractivity contribution in [3.63, 3.8) is 0 Å². The van der Waals surface area contributed by atoms with E-state index in [4.69, 9.17) is 27.9 Å². The maximum atomic E-state index is 13.3. The fourth-order valence-electron chi connectivity index (χ4n) is 3.41. The molecule has 0 saturated carbocycles. The number of halogens is 2. The lowest BCUT2D eigenvalue weighted by Gasteiger charge is -2.32. The molecule has 2 rings (SSSR count). The van der Waals surface area contributed by atoms with Gasteiger partial charge in [0, 0.05) is 34.6 Å². The minimum Gasteiger partial charge on any atom is -0.494 e. The van der Waals surface area contributed by atoms with E-state index in [9.17, 15) is 9.59 Å². The highest BCUT2D eigenvalue weighted by Crippen LogP contribution is 2.27. The summed E-state index contributed by atoms with van der Waals surface area (Å²) in [6, 6.07) is 12.4. The van der Waals surface area contributed by atoms with Crippen LogP contribution >= 0.6 is 23.2 Å². The van der Waals surface area contributed by atoms with Crippen molar-refractivity contribution in [3.8, 4) is 5.75 Å². The molecule has 5 nitrogen and oxygen atoms in total. The van der Waals surface area contributed by atoms with E-state index in [1.165, 1.54) is 0 Å². The van der Waals surface area contributed by atoms with Gasteiger partial charge in [0.1, 0.15) is 11.8 Å². The Morgan fingerprint density at radius 2 is 1.67 bits per heavy atom. The van der Waals surface area contributed by atoms with E-state index in [0.29, 0.717) is 35.1 Å². The van der Waals surface area contributed by atoms with Crippen LogP contribution in [0.2, 0.25) is 10.0 Å². The van der Waals surface area contributed by atoms with Crippen LogP contribution < -0.4 is 10.1 Å². The predicted molar refractivity (Wildman–Crippen MR) is 135 cm³/mol. The predicted octanol–water partition coefficient (Wildman–Crippen LogP) is 6.18. The van der Waals surface area contributed by atoms with Crippen molar-refractivity contribution in [1.29, 1.82) is 0 Å². The molecule has 0 radical (unpaired) electrons. The molecule has 0 aliphatic rings. The summed E-state index contributed by atoms with van der Waals surface area (Å²) in [7, 11) is 0. The molecular weight excluding hydrogens is 459 g/mol. The van der Waals surface area contributed by atoms with Crippen molar-refractivity contribution < 1.29 is 14.3 Å². The second kappa shape index (κ2) is 13.5. The Balaban J connectivity index is 2.13. The molecule has 0 aliphatic heterocycles. The summed E-state index contributed by atoms with van der Waals surface area (Å²) in [4.78, 5) is 27.9. The van der Waals surface area contributed by atoms with Crippen molar-refractivity contribution in [2.45, 2.75) is 72.0 Å². The lowest BCUT2D eigenvalue weighted by Crippen LogP contribution is -2.50. The third-order valence-corrected chi connectivity index (χ3v) is 6.31. The normalized spacial score (nSPS) is 12.7. The monoisotopic (exact) mass is 492 g/mol. The van der Waals surface area contributed by atoms with Gasteiger partial charge in [0.15, 0.2) is 0 Å². The zero-order chi connectivity index (χ0) is 24.4. The van der Waals surface area contributed by atoms with Gasteiger partial charge in [-0.25, -0.2) is 0 Å². The van der Waals surface area contributed by atoms with Crippen molar-refractivity contribution in [2.75, 3.05) is 6.61 Å². The van der Waals surface area contributed by atoms with Gasteiger partial charge in [-0.1, -0.05) is 60.8 Å². The van der Waals surface area contributed by atoms with Gasteiger partial charge < -0.3 is 15.0 Å². The second-order valence-electron chi connectivity index (χ2n) is 8.23. The highest BCUT2D eigenvalue weighted by molar-refractivity contribution is 6.36. The average molecular weight is 493 g/mol. The van der Waals surface area contributed by atoms with E-state index < -0.39 is 6.04 Å². The molecule has 33 heavy (non-hydrogen) atoms. The van der Waals surface area contributed by atoms with Gasteiger partial charge in [-0.05, 0) is 57.4 Å². The lowest BCUT2D eigenvalue weighted by molar-refractivity contribution is -0.141. The zero-order valence-electron chi connectivity index (χ0n) is 19.9. The standard InChI is InChI=1S/C26H34Cl2N2O3/c1-5-19(4)29-26(32)24(6-2)30(17-21-22(27)9-7-10-23(21)28)25(31)11-8-16-33-20-14-12-18(3)13-15-20/h7,9-10,12-15,19,24H,5-6,8,11,16-17H2,1-4H3,(H,29,32). The molecule has 180 valence electrons. The Morgan fingerprint density at radius 3 is 2.24 bits per heavy atom. The van der Waals surface area contributed by atoms with Gasteiger partial charge >= 0.3 is 0 Å². The molecule has 0 bridgehead atoms. The summed E-state index contributed by atoms with van der Waals surface area (Å²) >= 11 is 12.8. The SMILES string of the molecule is CCC(C)NC(=O)C(CC)N(Cc1c(Cl)cccc1Cl)C(=O)CCCOc1ccc(C)cc1. The first-order valence-electron chi connectivity index (χ1n) is 11.5. The van der Waals surface area contributed by atoms with Crippen LogP contribution in [0.4, 0.5) is 0 Å². The number of ether oxygens (including phenoxy) is 1. The number of benzene rings is 2. The van der Waals surface area contributed by atoms with Crippen LogP contribution in [-0.4, -0.2) is 35.4 Å². The molecule has 2 aromatic rings. The van der Waals surface area contributed by atoms with Crippen LogP contribution in [0.3, 0.4) is 0 Å². The van der Waals surface area contributed by atoms with Crippen molar-refractivity contribution >= 4 is 35.0 Å². The lowest BCUT2D eigenvalue weighted by atomic mass is 10.1. The van der Waals surface area contributed by atoms with Crippen molar-refractivity contribution in [1.82, 2.24) is 10.2 Å². The molecule has 0 saturated heterocycles. The molecule has 0 aromatic heterocycles. The number of nitrogens with zero attached hydrogens (tertiary/aromatic N) is 1. The van der Waals surface area contributed by atoms with E-state index >= 15 is 0 Å². The molecule has 0 aliphatic carbocycles. The number of nitrogens with one attached hydrogen (secondary N) is 1. The fourth-order valence-corrected chi connectivity index (χ4v) is 3.92. The molecule has 0 fully saturated rings. The number of carbonyl (C=O) groups is 2. The highest BCUT2D eigenvalue weighted by atomic mass is 35.5. The number of amides is 2. The summed E-state index contributed by atoms with van der Waals surface area (Å²) in [6.07, 6.45) is 2.07. The number of carbonyl (C=O) groups excluding carboxylic acids is 2.